The van der Waals surface area contributed by atoms with Gasteiger partial charge in [-0.2, -0.15) is 0 Å². The van der Waals surface area contributed by atoms with Crippen LogP contribution < -0.4 is 20.1 Å². The van der Waals surface area contributed by atoms with Crippen LogP contribution in [0.5, 0.6) is 11.5 Å². The number of fused-ring (bicyclic) bond motifs is 6. The Morgan fingerprint density at radius 1 is 0.553 bits per heavy atom. The summed E-state index contributed by atoms with van der Waals surface area (Å²) in [5.74, 6) is 2.47. The third-order valence-electron chi connectivity index (χ3n) is 18.9. The molecule has 0 saturated heterocycles. The Bertz CT molecular complexity index is 3300. The van der Waals surface area contributed by atoms with Crippen molar-refractivity contribution in [2.75, 3.05) is 14.2 Å². The van der Waals surface area contributed by atoms with Gasteiger partial charge in [-0.3, -0.25) is 19.2 Å². The van der Waals surface area contributed by atoms with Gasteiger partial charge in [0.25, 0.3) is 17.7 Å². The molecule has 3 amide bonds. The molecule has 1 unspecified atom stereocenters. The van der Waals surface area contributed by atoms with E-state index in [1.54, 1.807) is 19.8 Å². The van der Waals surface area contributed by atoms with Crippen LogP contribution in [-0.4, -0.2) is 47.5 Å². The molecule has 1 atom stereocenters. The van der Waals surface area contributed by atoms with Crippen molar-refractivity contribution in [1.82, 2.24) is 20.4 Å². The van der Waals surface area contributed by atoms with E-state index in [0.29, 0.717) is 24.4 Å². The van der Waals surface area contributed by atoms with Gasteiger partial charge in [0, 0.05) is 53.9 Å². The lowest BCUT2D eigenvalue weighted by Gasteiger charge is -2.39. The number of allylic oxidation sites excluding steroid dienone is 3. The van der Waals surface area contributed by atoms with E-state index < -0.39 is 0 Å². The second-order valence-corrected chi connectivity index (χ2v) is 24.4. The van der Waals surface area contributed by atoms with Gasteiger partial charge in [0.2, 0.25) is 0 Å². The molecule has 3 heterocycles. The summed E-state index contributed by atoms with van der Waals surface area (Å²) in [7, 11) is 3.33. The first-order valence-electron chi connectivity index (χ1n) is 31.7. The van der Waals surface area contributed by atoms with Crippen molar-refractivity contribution in [2.24, 2.45) is 0 Å². The van der Waals surface area contributed by atoms with Gasteiger partial charge in [-0.15, -0.1) is 0 Å². The highest BCUT2D eigenvalue weighted by atomic mass is 16.5. The number of carbonyl (C=O) groups is 4. The Hall–Kier alpha value is -7.56. The van der Waals surface area contributed by atoms with Crippen molar-refractivity contribution in [1.29, 1.82) is 0 Å². The number of hydrogen-bond acceptors (Lipinski definition) is 7. The van der Waals surface area contributed by atoms with Gasteiger partial charge in [0.15, 0.2) is 0 Å². The van der Waals surface area contributed by atoms with Crippen LogP contribution in [0, 0.1) is 6.92 Å². The zero-order chi connectivity index (χ0) is 59.1. The first kappa shape index (κ1) is 60.6. The molecule has 0 bridgehead atoms. The molecule has 6 aromatic carbocycles. The summed E-state index contributed by atoms with van der Waals surface area (Å²) in [5, 5.41) is 6.93. The second-order valence-electron chi connectivity index (χ2n) is 24.4. The summed E-state index contributed by atoms with van der Waals surface area (Å²) < 4.78 is 10.5. The molecule has 6 aromatic rings. The zero-order valence-corrected chi connectivity index (χ0v) is 50.6. The van der Waals surface area contributed by atoms with Crippen molar-refractivity contribution < 1.29 is 28.7 Å². The fourth-order valence-corrected chi connectivity index (χ4v) is 14.2. The summed E-state index contributed by atoms with van der Waals surface area (Å²) in [6, 6.07) is 48.7. The summed E-state index contributed by atoms with van der Waals surface area (Å²) in [6.07, 6.45) is 32.3. The number of methoxy groups -OCH3 is 2. The highest BCUT2D eigenvalue weighted by Gasteiger charge is 2.48. The van der Waals surface area contributed by atoms with Gasteiger partial charge in [-0.1, -0.05) is 166 Å². The van der Waals surface area contributed by atoms with Gasteiger partial charge in [-0.25, -0.2) is 0 Å². The number of hydrogen-bond donors (Lipinski definition) is 2. The van der Waals surface area contributed by atoms with Crippen LogP contribution in [0.3, 0.4) is 0 Å². The lowest BCUT2D eigenvalue weighted by Crippen LogP contribution is -2.42. The molecular weight excluding hydrogens is 1050 g/mol. The number of nitrogens with zero attached hydrogens (tertiary/aromatic N) is 2. The fraction of sp³-hybridized carbons (Fsp3) is 0.413. The molecule has 10 heteroatoms. The van der Waals surface area contributed by atoms with Crippen LogP contribution in [0.1, 0.15) is 211 Å². The maximum absolute atomic E-state index is 13.3. The average Bonchev–Trinajstić information content (AvgIpc) is 1.79. The van der Waals surface area contributed by atoms with Gasteiger partial charge in [0.1, 0.15) is 17.3 Å². The van der Waals surface area contributed by atoms with Gasteiger partial charge in [-0.05, 0) is 172 Å². The van der Waals surface area contributed by atoms with E-state index in [0.717, 1.165) is 140 Å². The highest BCUT2D eigenvalue weighted by molar-refractivity contribution is 6.01. The SMILES string of the molecule is COc1ccc(CN(C(=O)c2ccccc2C)C2=CCCCC2)cc1.COc1ccc(CN2C(=O)c3ccccc3C23C=CCCC3)cc1.O=C1CCCCC1.O=C1NC2(CCCCC2)c2ccccc21.c1ccc2c(c1)CNC21CCCCC1. The average molecular weight is 1140 g/mol. The number of ketones is 1. The van der Waals surface area contributed by atoms with Crippen LogP contribution in [0.25, 0.3) is 0 Å². The standard InChI is InChI=1S/C22H25NO2.C21H21NO2.C13H15NO.C13H17N.C6H10O/c1-17-8-6-7-11-21(17)22(24)23(19-9-4-3-5-10-19)16-18-12-14-20(25-2)15-13-18;1-24-17-11-9-16(10-12-17)15-22-20(23)18-7-3-4-8-19(18)21(22)13-5-2-6-14-21;15-12-10-6-2-3-7-11(10)13(14-12)8-4-1-5-9-13;1-4-8-13(9-5-1)12-7-3-2-6-11(12)10-14-13;7-6-4-2-1-3-5-6/h6-9,11-15H,3-5,10,16H2,1-2H3;3-5,7-13H,2,6,14-15H2,1H3;2-3,6-7H,1,4-5,8-9H2,(H,14,15);2-3,6-7,14H,1,4-5,8-10H2;1-5H2. The van der Waals surface area contributed by atoms with Gasteiger partial charge < -0.3 is 29.9 Å². The largest absolute Gasteiger partial charge is 0.497 e. The lowest BCUT2D eigenvalue weighted by atomic mass is 9.77. The number of carbonyl (C=O) groups excluding carboxylic acids is 4. The maximum atomic E-state index is 13.3. The monoisotopic (exact) mass is 1140 g/mol. The minimum Gasteiger partial charge on any atom is -0.497 e. The predicted molar refractivity (Wildman–Crippen MR) is 339 cm³/mol. The van der Waals surface area contributed by atoms with Crippen LogP contribution in [0.4, 0.5) is 0 Å². The topological polar surface area (TPSA) is 117 Å². The number of ether oxygens (including phenoxy) is 2. The van der Waals surface area contributed by atoms with E-state index in [2.05, 4.69) is 65.3 Å². The van der Waals surface area contributed by atoms with Gasteiger partial charge >= 0.3 is 0 Å². The number of Topliss-reactive ketones (excluding diaryl/α,β-unsaturated/α-hetero) is 1. The van der Waals surface area contributed by atoms with E-state index in [-0.39, 0.29) is 28.8 Å². The zero-order valence-electron chi connectivity index (χ0n) is 50.6. The number of aryl methyl sites for hydroxylation is 1. The number of benzene rings is 6. The van der Waals surface area contributed by atoms with E-state index in [1.165, 1.54) is 75.3 Å². The molecule has 0 radical (unpaired) electrons. The van der Waals surface area contributed by atoms with Crippen LogP contribution in [0.15, 0.2) is 170 Å². The Balaban J connectivity index is 0.000000124. The number of rotatable bonds is 8. The number of nitrogens with one attached hydrogen (secondary N) is 2. The van der Waals surface area contributed by atoms with Gasteiger partial charge in [0.05, 0.1) is 31.8 Å². The Labute approximate surface area is 505 Å². The minimum absolute atomic E-state index is 0.0219. The fourth-order valence-electron chi connectivity index (χ4n) is 14.2. The van der Waals surface area contributed by atoms with E-state index in [4.69, 9.17) is 9.47 Å². The van der Waals surface area contributed by atoms with Crippen molar-refractivity contribution in [3.63, 3.8) is 0 Å². The Morgan fingerprint density at radius 2 is 1.13 bits per heavy atom. The van der Waals surface area contributed by atoms with E-state index in [9.17, 15) is 19.2 Å². The first-order valence-corrected chi connectivity index (χ1v) is 31.7. The summed E-state index contributed by atoms with van der Waals surface area (Å²) in [4.78, 5) is 52.6. The first-order chi connectivity index (χ1) is 41.5. The van der Waals surface area contributed by atoms with Crippen LogP contribution in [-0.2, 0) is 41.0 Å². The molecule has 444 valence electrons. The highest BCUT2D eigenvalue weighted by Crippen LogP contribution is 2.47. The molecule has 14 rings (SSSR count). The molecule has 85 heavy (non-hydrogen) atoms. The molecule has 0 aromatic heterocycles. The quantitative estimate of drug-likeness (QED) is 0.146. The van der Waals surface area contributed by atoms with Crippen molar-refractivity contribution in [3.05, 3.63) is 225 Å². The van der Waals surface area contributed by atoms with Crippen LogP contribution in [0.2, 0.25) is 0 Å². The predicted octanol–water partition coefficient (Wildman–Crippen LogP) is 16.4. The van der Waals surface area contributed by atoms with Crippen LogP contribution >= 0.6 is 0 Å². The molecule has 3 aliphatic heterocycles. The Morgan fingerprint density at radius 3 is 1.74 bits per heavy atom. The third kappa shape index (κ3) is 14.1. The molecule has 10 nitrogen and oxygen atoms in total. The number of amides is 3. The summed E-state index contributed by atoms with van der Waals surface area (Å²) in [6.45, 7) is 4.27. The molecule has 3 saturated carbocycles. The molecular formula is C75H88N4O6. The molecule has 3 fully saturated rings. The van der Waals surface area contributed by atoms with E-state index >= 15 is 0 Å². The maximum Gasteiger partial charge on any atom is 0.258 e. The summed E-state index contributed by atoms with van der Waals surface area (Å²) in [5.41, 5.74) is 12.4. The Kier molecular flexibility index (Phi) is 20.3. The lowest BCUT2D eigenvalue weighted by molar-refractivity contribution is -0.120. The molecule has 8 aliphatic rings. The van der Waals surface area contributed by atoms with Crippen molar-refractivity contribution in [3.8, 4) is 11.5 Å². The van der Waals surface area contributed by atoms with Crippen molar-refractivity contribution >= 4 is 23.5 Å². The minimum atomic E-state index is -0.286. The summed E-state index contributed by atoms with van der Waals surface area (Å²) >= 11 is 0. The third-order valence-corrected chi connectivity index (χ3v) is 18.9. The van der Waals surface area contributed by atoms with Crippen molar-refractivity contribution in [2.45, 2.75) is 184 Å². The molecule has 2 N–H and O–H groups in total. The molecule has 5 aliphatic carbocycles. The normalized spacial score (nSPS) is 20.1. The molecule has 3 spiro atoms. The smallest absolute Gasteiger partial charge is 0.258 e. The second kappa shape index (κ2) is 28.6. The van der Waals surface area contributed by atoms with E-state index in [1.807, 2.05) is 126 Å².